The molecule has 1 atom stereocenters. The monoisotopic (exact) mass is 364 g/mol. The van der Waals surface area contributed by atoms with E-state index in [1.807, 2.05) is 0 Å². The van der Waals surface area contributed by atoms with Crippen molar-refractivity contribution in [3.63, 3.8) is 0 Å². The van der Waals surface area contributed by atoms with Crippen LogP contribution in [-0.4, -0.2) is 35.3 Å². The molecule has 110 valence electrons. The van der Waals surface area contributed by atoms with Crippen LogP contribution in [0.2, 0.25) is 5.02 Å². The minimum absolute atomic E-state index is 0.0270. The maximum absolute atomic E-state index is 11.0. The molecule has 0 bridgehead atoms. The van der Waals surface area contributed by atoms with Crippen molar-refractivity contribution in [3.05, 3.63) is 31.7 Å². The average molecular weight is 366 g/mol. The second kappa shape index (κ2) is 6.71. The summed E-state index contributed by atoms with van der Waals surface area (Å²) in [5, 5.41) is 24.1. The average Bonchev–Trinajstić information content (AvgIpc) is 3.18. The van der Waals surface area contributed by atoms with Crippen LogP contribution < -0.4 is 10.1 Å². The highest BCUT2D eigenvalue weighted by Gasteiger charge is 2.23. The number of ether oxygens (including phenoxy) is 1. The molecule has 0 spiro atoms. The van der Waals surface area contributed by atoms with E-state index < -0.39 is 11.0 Å². The van der Waals surface area contributed by atoms with Crippen molar-refractivity contribution in [2.75, 3.05) is 13.2 Å². The van der Waals surface area contributed by atoms with E-state index in [1.54, 1.807) is 0 Å². The van der Waals surface area contributed by atoms with E-state index in [2.05, 4.69) is 21.2 Å². The normalized spacial score (nSPS) is 15.9. The zero-order chi connectivity index (χ0) is 14.7. The molecule has 1 aromatic carbocycles. The molecule has 1 saturated carbocycles. The highest BCUT2D eigenvalue weighted by atomic mass is 79.9. The number of halogens is 2. The third kappa shape index (κ3) is 4.31. The summed E-state index contributed by atoms with van der Waals surface area (Å²) in [6.07, 6.45) is 1.53. The lowest BCUT2D eigenvalue weighted by Gasteiger charge is -2.14. The van der Waals surface area contributed by atoms with Crippen molar-refractivity contribution in [3.8, 4) is 5.75 Å². The number of hydrogen-bond acceptors (Lipinski definition) is 5. The zero-order valence-corrected chi connectivity index (χ0v) is 12.9. The molecule has 1 aliphatic rings. The molecule has 1 aliphatic carbocycles. The molecule has 0 radical (unpaired) electrons. The van der Waals surface area contributed by atoms with Crippen molar-refractivity contribution < 1.29 is 14.8 Å². The second-order valence-corrected chi connectivity index (χ2v) is 5.93. The number of nitrogens with zero attached hydrogens (tertiary/aromatic N) is 1. The van der Waals surface area contributed by atoms with E-state index in [4.69, 9.17) is 16.3 Å². The fourth-order valence-electron chi connectivity index (χ4n) is 1.65. The Balaban J connectivity index is 1.98. The predicted octanol–water partition coefficient (Wildman–Crippen LogP) is 2.50. The van der Waals surface area contributed by atoms with Gasteiger partial charge in [-0.1, -0.05) is 11.6 Å². The third-order valence-electron chi connectivity index (χ3n) is 2.83. The van der Waals surface area contributed by atoms with Gasteiger partial charge in [0.1, 0.15) is 12.7 Å². The van der Waals surface area contributed by atoms with Crippen molar-refractivity contribution >= 4 is 33.2 Å². The van der Waals surface area contributed by atoms with Crippen molar-refractivity contribution in [2.45, 2.75) is 25.0 Å². The minimum atomic E-state index is -0.724. The second-order valence-electron chi connectivity index (χ2n) is 4.64. The van der Waals surface area contributed by atoms with Gasteiger partial charge in [-0.25, -0.2) is 0 Å². The summed E-state index contributed by atoms with van der Waals surface area (Å²) in [5.74, 6) is 0.0740. The number of nitrogens with one attached hydrogen (secondary N) is 1. The molecule has 0 aliphatic heterocycles. The van der Waals surface area contributed by atoms with Gasteiger partial charge >= 0.3 is 5.69 Å². The first kappa shape index (κ1) is 15.5. The summed E-state index contributed by atoms with van der Waals surface area (Å²) in [6.45, 7) is 0.379. The van der Waals surface area contributed by atoms with Crippen LogP contribution in [0.3, 0.4) is 0 Å². The summed E-state index contributed by atoms with van der Waals surface area (Å²) < 4.78 is 5.75. The van der Waals surface area contributed by atoms with Crippen LogP contribution in [0.25, 0.3) is 0 Å². The number of benzene rings is 1. The van der Waals surface area contributed by atoms with E-state index in [0.717, 1.165) is 12.8 Å². The van der Waals surface area contributed by atoms with Gasteiger partial charge < -0.3 is 15.2 Å². The summed E-state index contributed by atoms with van der Waals surface area (Å²) >= 11 is 8.95. The molecule has 0 heterocycles. The standard InChI is InChI=1S/C12H14BrClN2O4/c13-10-3-7(14)4-11(16(18)19)12(10)20-6-9(17)5-15-8-1-2-8/h3-4,8-9,15,17H,1-2,5-6H2. The summed E-state index contributed by atoms with van der Waals surface area (Å²) in [5.41, 5.74) is -0.230. The third-order valence-corrected chi connectivity index (χ3v) is 3.63. The smallest absolute Gasteiger partial charge is 0.313 e. The van der Waals surface area contributed by atoms with Gasteiger partial charge in [0.05, 0.1) is 9.40 Å². The molecule has 1 fully saturated rings. The van der Waals surface area contributed by atoms with Gasteiger partial charge in [0.2, 0.25) is 5.75 Å². The van der Waals surface area contributed by atoms with Crippen LogP contribution in [0, 0.1) is 10.1 Å². The molecule has 6 nitrogen and oxygen atoms in total. The number of aliphatic hydroxyl groups is 1. The lowest BCUT2D eigenvalue weighted by molar-refractivity contribution is -0.386. The molecule has 0 saturated heterocycles. The lowest BCUT2D eigenvalue weighted by Crippen LogP contribution is -2.32. The van der Waals surface area contributed by atoms with E-state index in [9.17, 15) is 15.2 Å². The highest BCUT2D eigenvalue weighted by Crippen LogP contribution is 2.37. The highest BCUT2D eigenvalue weighted by molar-refractivity contribution is 9.10. The van der Waals surface area contributed by atoms with Gasteiger partial charge in [-0.3, -0.25) is 10.1 Å². The van der Waals surface area contributed by atoms with Crippen LogP contribution in [0.5, 0.6) is 5.75 Å². The Labute approximate surface area is 129 Å². The van der Waals surface area contributed by atoms with Crippen LogP contribution in [0.4, 0.5) is 5.69 Å². The number of nitro benzene ring substituents is 1. The quantitative estimate of drug-likeness (QED) is 0.573. The van der Waals surface area contributed by atoms with Gasteiger partial charge in [-0.05, 0) is 34.8 Å². The Hall–Kier alpha value is -0.890. The van der Waals surface area contributed by atoms with Gasteiger partial charge in [0, 0.05) is 23.7 Å². The van der Waals surface area contributed by atoms with Crippen LogP contribution in [-0.2, 0) is 0 Å². The Kier molecular flexibility index (Phi) is 5.20. The number of rotatable bonds is 7. The lowest BCUT2D eigenvalue weighted by atomic mass is 10.3. The summed E-state index contributed by atoms with van der Waals surface area (Å²) in [7, 11) is 0. The first-order chi connectivity index (χ1) is 9.47. The number of hydrogen-bond donors (Lipinski definition) is 2. The SMILES string of the molecule is O=[N+]([O-])c1cc(Cl)cc(Br)c1OCC(O)CNC1CC1. The Morgan fingerprint density at radius 1 is 1.60 bits per heavy atom. The number of aliphatic hydroxyl groups excluding tert-OH is 1. The largest absolute Gasteiger partial charge is 0.483 e. The van der Waals surface area contributed by atoms with Crippen molar-refractivity contribution in [2.24, 2.45) is 0 Å². The predicted molar refractivity (Wildman–Crippen MR) is 78.3 cm³/mol. The molecule has 20 heavy (non-hydrogen) atoms. The summed E-state index contributed by atoms with van der Waals surface area (Å²) in [6, 6.07) is 3.22. The van der Waals surface area contributed by atoms with Gasteiger partial charge in [-0.15, -0.1) is 0 Å². The molecule has 2 N–H and O–H groups in total. The maximum atomic E-state index is 11.0. The van der Waals surface area contributed by atoms with Crippen LogP contribution in [0.1, 0.15) is 12.8 Å². The topological polar surface area (TPSA) is 84.6 Å². The fourth-order valence-corrected chi connectivity index (χ4v) is 2.56. The van der Waals surface area contributed by atoms with Gasteiger partial charge in [0.25, 0.3) is 0 Å². The fraction of sp³-hybridized carbons (Fsp3) is 0.500. The molecule has 1 unspecified atom stereocenters. The maximum Gasteiger partial charge on any atom is 0.313 e. The molecule has 0 aromatic heterocycles. The molecule has 8 heteroatoms. The first-order valence-corrected chi connectivity index (χ1v) is 7.32. The van der Waals surface area contributed by atoms with Gasteiger partial charge in [0.15, 0.2) is 0 Å². The van der Waals surface area contributed by atoms with Crippen molar-refractivity contribution in [1.29, 1.82) is 0 Å². The van der Waals surface area contributed by atoms with E-state index in [1.165, 1.54) is 12.1 Å². The van der Waals surface area contributed by atoms with Crippen LogP contribution >= 0.6 is 27.5 Å². The van der Waals surface area contributed by atoms with Crippen LogP contribution in [0.15, 0.2) is 16.6 Å². The van der Waals surface area contributed by atoms with E-state index >= 15 is 0 Å². The first-order valence-electron chi connectivity index (χ1n) is 6.15. The minimum Gasteiger partial charge on any atom is -0.483 e. The molecular formula is C12H14BrClN2O4. The Bertz CT molecular complexity index is 510. The molecule has 2 rings (SSSR count). The van der Waals surface area contributed by atoms with E-state index in [-0.39, 0.29) is 23.1 Å². The molecule has 1 aromatic rings. The molecular weight excluding hydrogens is 351 g/mol. The number of nitro groups is 1. The zero-order valence-electron chi connectivity index (χ0n) is 10.5. The Morgan fingerprint density at radius 2 is 2.30 bits per heavy atom. The van der Waals surface area contributed by atoms with Crippen molar-refractivity contribution in [1.82, 2.24) is 5.32 Å². The summed E-state index contributed by atoms with van der Waals surface area (Å²) in [4.78, 5) is 10.4. The van der Waals surface area contributed by atoms with Gasteiger partial charge in [-0.2, -0.15) is 0 Å². The molecule has 0 amide bonds. The Morgan fingerprint density at radius 3 is 2.90 bits per heavy atom. The van der Waals surface area contributed by atoms with E-state index in [0.29, 0.717) is 17.1 Å².